The second-order valence-electron chi connectivity index (χ2n) is 3.12. The standard InChI is InChI=1S/C10H13N3O/c1-3-14-8-5-4-7-6-12-13(2)10(7)9(8)11/h4-6H,3,11H2,1-2H3. The first-order valence-corrected chi connectivity index (χ1v) is 4.57. The molecule has 0 fully saturated rings. The number of aryl methyl sites for hydroxylation is 1. The Morgan fingerprint density at radius 3 is 3.00 bits per heavy atom. The molecule has 2 aromatic rings. The second kappa shape index (κ2) is 3.21. The Hall–Kier alpha value is -1.71. The number of nitrogens with two attached hydrogens (primary N) is 1. The SMILES string of the molecule is CCOc1ccc2cnn(C)c2c1N. The number of hydrogen-bond donors (Lipinski definition) is 1. The highest BCUT2D eigenvalue weighted by Gasteiger charge is 2.08. The van der Waals surface area contributed by atoms with E-state index in [1.807, 2.05) is 26.1 Å². The first-order chi connectivity index (χ1) is 6.74. The molecule has 2 N–H and O–H groups in total. The van der Waals surface area contributed by atoms with Crippen LogP contribution in [0.1, 0.15) is 6.92 Å². The first-order valence-electron chi connectivity index (χ1n) is 4.57. The van der Waals surface area contributed by atoms with Gasteiger partial charge in [0.2, 0.25) is 0 Å². The normalized spacial score (nSPS) is 10.7. The minimum atomic E-state index is 0.619. The number of hydrogen-bond acceptors (Lipinski definition) is 3. The zero-order valence-electron chi connectivity index (χ0n) is 8.32. The summed E-state index contributed by atoms with van der Waals surface area (Å²) in [5, 5.41) is 5.17. The fraction of sp³-hybridized carbons (Fsp3) is 0.300. The molecular formula is C10H13N3O. The van der Waals surface area contributed by atoms with Crippen molar-refractivity contribution in [1.82, 2.24) is 9.78 Å². The average molecular weight is 191 g/mol. The summed E-state index contributed by atoms with van der Waals surface area (Å²) in [6.07, 6.45) is 1.79. The van der Waals surface area contributed by atoms with Crippen molar-refractivity contribution in [3.05, 3.63) is 18.3 Å². The summed E-state index contributed by atoms with van der Waals surface area (Å²) in [6, 6.07) is 3.84. The second-order valence-corrected chi connectivity index (χ2v) is 3.12. The van der Waals surface area contributed by atoms with Gasteiger partial charge in [0.15, 0.2) is 0 Å². The van der Waals surface area contributed by atoms with E-state index in [0.29, 0.717) is 12.3 Å². The van der Waals surface area contributed by atoms with E-state index >= 15 is 0 Å². The van der Waals surface area contributed by atoms with Gasteiger partial charge >= 0.3 is 0 Å². The highest BCUT2D eigenvalue weighted by molar-refractivity contribution is 5.92. The third-order valence-corrected chi connectivity index (χ3v) is 2.20. The summed E-state index contributed by atoms with van der Waals surface area (Å²) in [6.45, 7) is 2.56. The van der Waals surface area contributed by atoms with Crippen LogP contribution in [0.5, 0.6) is 5.75 Å². The molecule has 14 heavy (non-hydrogen) atoms. The van der Waals surface area contributed by atoms with Crippen LogP contribution < -0.4 is 10.5 Å². The Kier molecular flexibility index (Phi) is 2.04. The molecule has 1 heterocycles. The largest absolute Gasteiger partial charge is 0.492 e. The number of aromatic nitrogens is 2. The van der Waals surface area contributed by atoms with Gasteiger partial charge in [0.25, 0.3) is 0 Å². The highest BCUT2D eigenvalue weighted by atomic mass is 16.5. The van der Waals surface area contributed by atoms with Gasteiger partial charge < -0.3 is 10.5 Å². The molecule has 0 atom stereocenters. The molecule has 0 aliphatic heterocycles. The van der Waals surface area contributed by atoms with Gasteiger partial charge in [-0.25, -0.2) is 0 Å². The van der Waals surface area contributed by atoms with Crippen molar-refractivity contribution in [2.45, 2.75) is 6.92 Å². The minimum Gasteiger partial charge on any atom is -0.492 e. The molecule has 74 valence electrons. The van der Waals surface area contributed by atoms with Gasteiger partial charge in [-0.3, -0.25) is 4.68 Å². The molecule has 0 saturated carbocycles. The first kappa shape index (κ1) is 8.87. The zero-order valence-corrected chi connectivity index (χ0v) is 8.32. The predicted octanol–water partition coefficient (Wildman–Crippen LogP) is 1.55. The zero-order chi connectivity index (χ0) is 10.1. The minimum absolute atomic E-state index is 0.619. The summed E-state index contributed by atoms with van der Waals surface area (Å²) in [5.74, 6) is 0.726. The van der Waals surface area contributed by atoms with Crippen LogP contribution in [0.4, 0.5) is 5.69 Å². The van der Waals surface area contributed by atoms with Gasteiger partial charge in [-0.1, -0.05) is 0 Å². The summed E-state index contributed by atoms with van der Waals surface area (Å²) >= 11 is 0. The van der Waals surface area contributed by atoms with Crippen molar-refractivity contribution in [2.24, 2.45) is 7.05 Å². The molecule has 2 rings (SSSR count). The Balaban J connectivity index is 2.66. The summed E-state index contributed by atoms with van der Waals surface area (Å²) in [7, 11) is 1.87. The highest BCUT2D eigenvalue weighted by Crippen LogP contribution is 2.29. The molecule has 4 heteroatoms. The van der Waals surface area contributed by atoms with Gasteiger partial charge in [0.1, 0.15) is 11.4 Å². The van der Waals surface area contributed by atoms with Crippen molar-refractivity contribution in [3.63, 3.8) is 0 Å². The molecule has 0 saturated heterocycles. The summed E-state index contributed by atoms with van der Waals surface area (Å²) in [5.41, 5.74) is 7.55. The van der Waals surface area contributed by atoms with Crippen molar-refractivity contribution >= 4 is 16.6 Å². The molecule has 4 nitrogen and oxygen atoms in total. The van der Waals surface area contributed by atoms with Crippen molar-refractivity contribution < 1.29 is 4.74 Å². The summed E-state index contributed by atoms with van der Waals surface area (Å²) in [4.78, 5) is 0. The van der Waals surface area contributed by atoms with Gasteiger partial charge in [-0.2, -0.15) is 5.10 Å². The molecule has 0 amide bonds. The van der Waals surface area contributed by atoms with Crippen LogP contribution in [0.25, 0.3) is 10.9 Å². The van der Waals surface area contributed by atoms with Crippen LogP contribution in [0.3, 0.4) is 0 Å². The van der Waals surface area contributed by atoms with Gasteiger partial charge in [-0.15, -0.1) is 0 Å². The van der Waals surface area contributed by atoms with E-state index in [2.05, 4.69) is 5.10 Å². The monoisotopic (exact) mass is 191 g/mol. The lowest BCUT2D eigenvalue weighted by atomic mass is 10.2. The quantitative estimate of drug-likeness (QED) is 0.733. The number of ether oxygens (including phenoxy) is 1. The van der Waals surface area contributed by atoms with Crippen LogP contribution in [0.2, 0.25) is 0 Å². The lowest BCUT2D eigenvalue weighted by Crippen LogP contribution is -2.00. The van der Waals surface area contributed by atoms with Crippen LogP contribution in [0.15, 0.2) is 18.3 Å². The van der Waals surface area contributed by atoms with E-state index < -0.39 is 0 Å². The van der Waals surface area contributed by atoms with Crippen LogP contribution in [0, 0.1) is 0 Å². The van der Waals surface area contributed by atoms with E-state index in [1.54, 1.807) is 10.9 Å². The van der Waals surface area contributed by atoms with Crippen LogP contribution in [-0.4, -0.2) is 16.4 Å². The van der Waals surface area contributed by atoms with Gasteiger partial charge in [-0.05, 0) is 19.1 Å². The van der Waals surface area contributed by atoms with Crippen molar-refractivity contribution in [2.75, 3.05) is 12.3 Å². The van der Waals surface area contributed by atoms with Gasteiger partial charge in [0, 0.05) is 12.4 Å². The number of rotatable bonds is 2. The number of nitrogen functional groups attached to an aromatic ring is 1. The third kappa shape index (κ3) is 1.19. The lowest BCUT2D eigenvalue weighted by Gasteiger charge is -2.07. The Bertz CT molecular complexity index is 462. The maximum absolute atomic E-state index is 5.96. The maximum atomic E-state index is 5.96. The molecule has 0 unspecified atom stereocenters. The Labute approximate surface area is 82.3 Å². The average Bonchev–Trinajstić information content (AvgIpc) is 2.54. The molecular weight excluding hydrogens is 178 g/mol. The van der Waals surface area contributed by atoms with Crippen molar-refractivity contribution in [3.8, 4) is 5.75 Å². The molecule has 0 aliphatic carbocycles. The fourth-order valence-electron chi connectivity index (χ4n) is 1.56. The lowest BCUT2D eigenvalue weighted by molar-refractivity contribution is 0.342. The van der Waals surface area contributed by atoms with E-state index in [4.69, 9.17) is 10.5 Å². The Morgan fingerprint density at radius 2 is 2.29 bits per heavy atom. The third-order valence-electron chi connectivity index (χ3n) is 2.20. The molecule has 0 aliphatic rings. The molecule has 0 bridgehead atoms. The summed E-state index contributed by atoms with van der Waals surface area (Å²) < 4.78 is 7.16. The molecule has 0 radical (unpaired) electrons. The molecule has 0 spiro atoms. The van der Waals surface area contributed by atoms with Crippen molar-refractivity contribution in [1.29, 1.82) is 0 Å². The van der Waals surface area contributed by atoms with Crippen LogP contribution >= 0.6 is 0 Å². The fourth-order valence-corrected chi connectivity index (χ4v) is 1.56. The van der Waals surface area contributed by atoms with Gasteiger partial charge in [0.05, 0.1) is 18.3 Å². The van der Waals surface area contributed by atoms with E-state index in [1.165, 1.54) is 0 Å². The smallest absolute Gasteiger partial charge is 0.144 e. The number of anilines is 1. The predicted molar refractivity (Wildman–Crippen MR) is 56.3 cm³/mol. The number of benzene rings is 1. The van der Waals surface area contributed by atoms with E-state index in [0.717, 1.165) is 16.7 Å². The van der Waals surface area contributed by atoms with E-state index in [-0.39, 0.29) is 0 Å². The molecule has 1 aromatic carbocycles. The van der Waals surface area contributed by atoms with Crippen LogP contribution in [-0.2, 0) is 7.05 Å². The number of fused-ring (bicyclic) bond motifs is 1. The Morgan fingerprint density at radius 1 is 1.50 bits per heavy atom. The maximum Gasteiger partial charge on any atom is 0.144 e. The molecule has 1 aromatic heterocycles. The topological polar surface area (TPSA) is 53.1 Å². The number of nitrogens with zero attached hydrogens (tertiary/aromatic N) is 2. The van der Waals surface area contributed by atoms with E-state index in [9.17, 15) is 0 Å².